The lowest BCUT2D eigenvalue weighted by atomic mass is 10.1. The second-order valence-corrected chi connectivity index (χ2v) is 4.69. The molecule has 0 aliphatic heterocycles. The number of benzene rings is 1. The highest BCUT2D eigenvalue weighted by atomic mass is 32.1. The standard InChI is InChI=1S/C13H14FNS/c1-3-5-10-8-16-13(15-10)11-7-4-6-9(2)12(11)14/h4,6-8H,3,5H2,1-2H3. The Morgan fingerprint density at radius 1 is 1.38 bits per heavy atom. The summed E-state index contributed by atoms with van der Waals surface area (Å²) < 4.78 is 13.8. The van der Waals surface area contributed by atoms with Crippen molar-refractivity contribution >= 4 is 11.3 Å². The molecule has 0 bridgehead atoms. The van der Waals surface area contributed by atoms with E-state index in [1.54, 1.807) is 19.1 Å². The van der Waals surface area contributed by atoms with Gasteiger partial charge in [0.05, 0.1) is 5.69 Å². The van der Waals surface area contributed by atoms with Crippen molar-refractivity contribution in [3.8, 4) is 10.6 Å². The minimum absolute atomic E-state index is 0.153. The van der Waals surface area contributed by atoms with Gasteiger partial charge in [0.25, 0.3) is 0 Å². The van der Waals surface area contributed by atoms with E-state index in [9.17, 15) is 4.39 Å². The first-order valence-electron chi connectivity index (χ1n) is 5.42. The third-order valence-corrected chi connectivity index (χ3v) is 3.40. The minimum Gasteiger partial charge on any atom is -0.241 e. The van der Waals surface area contributed by atoms with Crippen LogP contribution in [0, 0.1) is 12.7 Å². The van der Waals surface area contributed by atoms with Crippen molar-refractivity contribution < 1.29 is 4.39 Å². The Labute approximate surface area is 99.0 Å². The van der Waals surface area contributed by atoms with Gasteiger partial charge in [-0.1, -0.05) is 25.5 Å². The normalized spacial score (nSPS) is 10.7. The van der Waals surface area contributed by atoms with Gasteiger partial charge in [-0.2, -0.15) is 0 Å². The summed E-state index contributed by atoms with van der Waals surface area (Å²) in [7, 11) is 0. The van der Waals surface area contributed by atoms with Crippen LogP contribution in [0.15, 0.2) is 23.6 Å². The first-order valence-corrected chi connectivity index (χ1v) is 6.30. The molecule has 0 saturated carbocycles. The van der Waals surface area contributed by atoms with E-state index in [2.05, 4.69) is 11.9 Å². The van der Waals surface area contributed by atoms with Gasteiger partial charge in [0.15, 0.2) is 0 Å². The zero-order chi connectivity index (χ0) is 11.5. The van der Waals surface area contributed by atoms with Crippen LogP contribution in [0.25, 0.3) is 10.6 Å². The fourth-order valence-corrected chi connectivity index (χ4v) is 2.49. The number of rotatable bonds is 3. The van der Waals surface area contributed by atoms with Crippen LogP contribution in [0.1, 0.15) is 24.6 Å². The van der Waals surface area contributed by atoms with Crippen molar-refractivity contribution in [1.29, 1.82) is 0 Å². The largest absolute Gasteiger partial charge is 0.241 e. The molecular weight excluding hydrogens is 221 g/mol. The van der Waals surface area contributed by atoms with E-state index >= 15 is 0 Å². The van der Waals surface area contributed by atoms with Crippen LogP contribution in [0.4, 0.5) is 4.39 Å². The Kier molecular flexibility index (Phi) is 3.34. The second-order valence-electron chi connectivity index (χ2n) is 3.83. The van der Waals surface area contributed by atoms with E-state index in [1.165, 1.54) is 11.3 Å². The molecule has 0 radical (unpaired) electrons. The lowest BCUT2D eigenvalue weighted by Gasteiger charge is -2.01. The molecular formula is C13H14FNS. The molecule has 0 fully saturated rings. The van der Waals surface area contributed by atoms with E-state index < -0.39 is 0 Å². The lowest BCUT2D eigenvalue weighted by Crippen LogP contribution is -1.88. The van der Waals surface area contributed by atoms with Gasteiger partial charge in [-0.3, -0.25) is 0 Å². The number of nitrogens with zero attached hydrogens (tertiary/aromatic N) is 1. The van der Waals surface area contributed by atoms with E-state index in [-0.39, 0.29) is 5.82 Å². The van der Waals surface area contributed by atoms with E-state index in [0.29, 0.717) is 11.1 Å². The van der Waals surface area contributed by atoms with Gasteiger partial charge in [-0.25, -0.2) is 9.37 Å². The first kappa shape index (κ1) is 11.3. The van der Waals surface area contributed by atoms with Gasteiger partial charge in [-0.15, -0.1) is 11.3 Å². The van der Waals surface area contributed by atoms with Crippen molar-refractivity contribution in [1.82, 2.24) is 4.98 Å². The molecule has 2 aromatic rings. The number of aryl methyl sites for hydroxylation is 2. The molecule has 0 saturated heterocycles. The molecule has 0 N–H and O–H groups in total. The van der Waals surface area contributed by atoms with Crippen LogP contribution >= 0.6 is 11.3 Å². The van der Waals surface area contributed by atoms with Crippen LogP contribution < -0.4 is 0 Å². The lowest BCUT2D eigenvalue weighted by molar-refractivity contribution is 0.622. The summed E-state index contributed by atoms with van der Waals surface area (Å²) in [5.74, 6) is -0.153. The highest BCUT2D eigenvalue weighted by Crippen LogP contribution is 2.27. The Hall–Kier alpha value is -1.22. The number of aromatic nitrogens is 1. The number of halogens is 1. The zero-order valence-corrected chi connectivity index (χ0v) is 10.3. The Morgan fingerprint density at radius 2 is 2.19 bits per heavy atom. The quantitative estimate of drug-likeness (QED) is 0.776. The molecule has 0 amide bonds. The molecule has 1 aromatic heterocycles. The van der Waals surface area contributed by atoms with E-state index in [0.717, 1.165) is 23.5 Å². The third-order valence-electron chi connectivity index (χ3n) is 2.48. The maximum atomic E-state index is 13.8. The van der Waals surface area contributed by atoms with Crippen LogP contribution in [-0.4, -0.2) is 4.98 Å². The Bertz CT molecular complexity index is 490. The van der Waals surface area contributed by atoms with E-state index in [1.807, 2.05) is 11.4 Å². The molecule has 84 valence electrons. The fourth-order valence-electron chi connectivity index (χ4n) is 1.61. The number of thiazole rings is 1. The third kappa shape index (κ3) is 2.14. The highest BCUT2D eigenvalue weighted by molar-refractivity contribution is 7.13. The van der Waals surface area contributed by atoms with Crippen molar-refractivity contribution in [2.75, 3.05) is 0 Å². The average Bonchev–Trinajstić information content (AvgIpc) is 2.71. The maximum Gasteiger partial charge on any atom is 0.136 e. The van der Waals surface area contributed by atoms with Crippen LogP contribution in [0.5, 0.6) is 0 Å². The van der Waals surface area contributed by atoms with Crippen LogP contribution in [0.2, 0.25) is 0 Å². The molecule has 2 rings (SSSR count). The van der Waals surface area contributed by atoms with Gasteiger partial charge < -0.3 is 0 Å². The van der Waals surface area contributed by atoms with Crippen LogP contribution in [-0.2, 0) is 6.42 Å². The number of hydrogen-bond acceptors (Lipinski definition) is 2. The molecule has 0 atom stereocenters. The molecule has 1 aromatic carbocycles. The van der Waals surface area contributed by atoms with Gasteiger partial charge in [0.1, 0.15) is 10.8 Å². The molecule has 0 spiro atoms. The molecule has 16 heavy (non-hydrogen) atoms. The van der Waals surface area contributed by atoms with Crippen molar-refractivity contribution in [2.24, 2.45) is 0 Å². The van der Waals surface area contributed by atoms with E-state index in [4.69, 9.17) is 0 Å². The second kappa shape index (κ2) is 4.74. The summed E-state index contributed by atoms with van der Waals surface area (Å²) in [6.45, 7) is 3.89. The molecule has 3 heteroatoms. The molecule has 1 nitrogen and oxygen atoms in total. The predicted octanol–water partition coefficient (Wildman–Crippen LogP) is 4.21. The summed E-state index contributed by atoms with van der Waals surface area (Å²) in [5, 5.41) is 2.80. The van der Waals surface area contributed by atoms with Gasteiger partial charge >= 0.3 is 0 Å². The highest BCUT2D eigenvalue weighted by Gasteiger charge is 2.10. The zero-order valence-electron chi connectivity index (χ0n) is 9.46. The molecule has 0 aliphatic rings. The van der Waals surface area contributed by atoms with Crippen molar-refractivity contribution in [3.63, 3.8) is 0 Å². The summed E-state index contributed by atoms with van der Waals surface area (Å²) in [5.41, 5.74) is 2.35. The molecule has 0 unspecified atom stereocenters. The summed E-state index contributed by atoms with van der Waals surface area (Å²) in [4.78, 5) is 4.45. The van der Waals surface area contributed by atoms with Crippen molar-refractivity contribution in [2.45, 2.75) is 26.7 Å². The minimum atomic E-state index is -0.153. The predicted molar refractivity (Wildman–Crippen MR) is 66.2 cm³/mol. The fraction of sp³-hybridized carbons (Fsp3) is 0.308. The summed E-state index contributed by atoms with van der Waals surface area (Å²) in [6, 6.07) is 5.44. The first-order chi connectivity index (χ1) is 7.72. The van der Waals surface area contributed by atoms with Crippen molar-refractivity contribution in [3.05, 3.63) is 40.7 Å². The smallest absolute Gasteiger partial charge is 0.136 e. The topological polar surface area (TPSA) is 12.9 Å². The molecule has 1 heterocycles. The monoisotopic (exact) mass is 235 g/mol. The summed E-state index contributed by atoms with van der Waals surface area (Å²) >= 11 is 1.51. The maximum absolute atomic E-state index is 13.8. The Balaban J connectivity index is 2.39. The SMILES string of the molecule is CCCc1csc(-c2cccc(C)c2F)n1. The number of hydrogen-bond donors (Lipinski definition) is 0. The van der Waals surface area contributed by atoms with Gasteiger partial charge in [0, 0.05) is 10.9 Å². The summed E-state index contributed by atoms with van der Waals surface area (Å²) in [6.07, 6.45) is 2.03. The van der Waals surface area contributed by atoms with Crippen LogP contribution in [0.3, 0.4) is 0 Å². The molecule has 0 aliphatic carbocycles. The average molecular weight is 235 g/mol. The van der Waals surface area contributed by atoms with Gasteiger partial charge in [0.2, 0.25) is 0 Å². The van der Waals surface area contributed by atoms with Gasteiger partial charge in [-0.05, 0) is 25.0 Å². The Morgan fingerprint density at radius 3 is 2.94 bits per heavy atom.